The van der Waals surface area contributed by atoms with Crippen molar-refractivity contribution in [2.24, 2.45) is 16.8 Å². The number of ether oxygens (including phenoxy) is 1. The van der Waals surface area contributed by atoms with Crippen LogP contribution in [0, 0.1) is 11.8 Å². The molecule has 5 nitrogen and oxygen atoms in total. The zero-order valence-corrected chi connectivity index (χ0v) is 20.4. The molecule has 0 fully saturated rings. The molecule has 1 rings (SSSR count). The van der Waals surface area contributed by atoms with Crippen LogP contribution in [0.4, 0.5) is 0 Å². The van der Waals surface area contributed by atoms with Crippen LogP contribution < -0.4 is 10.6 Å². The number of rotatable bonds is 13. The van der Waals surface area contributed by atoms with Crippen molar-refractivity contribution in [1.82, 2.24) is 10.6 Å². The van der Waals surface area contributed by atoms with Crippen LogP contribution in [-0.2, 0) is 17.9 Å². The highest BCUT2D eigenvalue weighted by molar-refractivity contribution is 14.0. The molecule has 1 atom stereocenters. The molecule has 3 N–H and O–H groups in total. The Morgan fingerprint density at radius 1 is 1.14 bits per heavy atom. The Bertz CT molecular complexity index is 538. The van der Waals surface area contributed by atoms with Crippen LogP contribution in [0.1, 0.15) is 58.1 Å². The molecule has 1 unspecified atom stereocenters. The van der Waals surface area contributed by atoms with Gasteiger partial charge in [0.15, 0.2) is 5.96 Å². The molecular formula is C22H40IN3O2. The molecule has 0 aliphatic carbocycles. The van der Waals surface area contributed by atoms with E-state index in [-0.39, 0.29) is 30.6 Å². The lowest BCUT2D eigenvalue weighted by molar-refractivity contribution is 0.121. The normalized spacial score (nSPS) is 12.6. The summed E-state index contributed by atoms with van der Waals surface area (Å²) in [6.07, 6.45) is 2.95. The molecule has 0 heterocycles. The lowest BCUT2D eigenvalue weighted by Gasteiger charge is -2.20. The summed E-state index contributed by atoms with van der Waals surface area (Å²) in [7, 11) is 0. The summed E-state index contributed by atoms with van der Waals surface area (Å²) in [6.45, 7) is 12.6. The Morgan fingerprint density at radius 3 is 2.46 bits per heavy atom. The Hall–Kier alpha value is -0.860. The molecule has 0 saturated heterocycles. The SMILES string of the molecule is CCCOCc1ccccc1CN=C(NCC)NCC(CCO)CC(C)C.I. The summed E-state index contributed by atoms with van der Waals surface area (Å²) in [4.78, 5) is 4.76. The summed E-state index contributed by atoms with van der Waals surface area (Å²) in [6, 6.07) is 8.33. The van der Waals surface area contributed by atoms with E-state index in [1.54, 1.807) is 0 Å². The fourth-order valence-corrected chi connectivity index (χ4v) is 3.08. The zero-order valence-electron chi connectivity index (χ0n) is 18.0. The van der Waals surface area contributed by atoms with Crippen LogP contribution in [0.25, 0.3) is 0 Å². The van der Waals surface area contributed by atoms with Gasteiger partial charge in [-0.05, 0) is 49.1 Å². The maximum atomic E-state index is 9.30. The molecule has 0 amide bonds. The fraction of sp³-hybridized carbons (Fsp3) is 0.682. The average Bonchev–Trinajstić information content (AvgIpc) is 2.64. The second kappa shape index (κ2) is 17.0. The van der Waals surface area contributed by atoms with Crippen molar-refractivity contribution >= 4 is 29.9 Å². The molecule has 28 heavy (non-hydrogen) atoms. The van der Waals surface area contributed by atoms with Gasteiger partial charge in [0.25, 0.3) is 0 Å². The van der Waals surface area contributed by atoms with E-state index in [0.29, 0.717) is 25.0 Å². The quantitative estimate of drug-likeness (QED) is 0.162. The molecule has 0 saturated carbocycles. The van der Waals surface area contributed by atoms with Gasteiger partial charge in [0, 0.05) is 26.3 Å². The molecule has 0 spiro atoms. The highest BCUT2D eigenvalue weighted by Crippen LogP contribution is 2.14. The number of benzene rings is 1. The second-order valence-corrected chi connectivity index (χ2v) is 7.41. The van der Waals surface area contributed by atoms with E-state index in [1.165, 1.54) is 11.1 Å². The van der Waals surface area contributed by atoms with E-state index in [2.05, 4.69) is 56.5 Å². The Labute approximate surface area is 188 Å². The van der Waals surface area contributed by atoms with Gasteiger partial charge in [-0.2, -0.15) is 0 Å². The van der Waals surface area contributed by atoms with Crippen LogP contribution >= 0.6 is 24.0 Å². The molecule has 0 bridgehead atoms. The van der Waals surface area contributed by atoms with E-state index in [9.17, 15) is 5.11 Å². The summed E-state index contributed by atoms with van der Waals surface area (Å²) in [5.41, 5.74) is 2.39. The van der Waals surface area contributed by atoms with Gasteiger partial charge in [-0.25, -0.2) is 4.99 Å². The highest BCUT2D eigenvalue weighted by Gasteiger charge is 2.11. The zero-order chi connectivity index (χ0) is 19.9. The monoisotopic (exact) mass is 505 g/mol. The van der Waals surface area contributed by atoms with Crippen LogP contribution in [-0.4, -0.2) is 37.4 Å². The molecule has 0 radical (unpaired) electrons. The molecule has 162 valence electrons. The van der Waals surface area contributed by atoms with Crippen LogP contribution in [0.2, 0.25) is 0 Å². The lowest BCUT2D eigenvalue weighted by atomic mass is 9.94. The predicted octanol–water partition coefficient (Wildman–Crippen LogP) is 4.33. The van der Waals surface area contributed by atoms with Crippen molar-refractivity contribution in [1.29, 1.82) is 0 Å². The first kappa shape index (κ1) is 27.1. The number of hydrogen-bond acceptors (Lipinski definition) is 3. The van der Waals surface area contributed by atoms with Crippen LogP contribution in [0.3, 0.4) is 0 Å². The van der Waals surface area contributed by atoms with Crippen molar-refractivity contribution in [3.05, 3.63) is 35.4 Å². The van der Waals surface area contributed by atoms with Gasteiger partial charge in [0.05, 0.1) is 13.2 Å². The topological polar surface area (TPSA) is 65.9 Å². The van der Waals surface area contributed by atoms with Crippen molar-refractivity contribution in [3.8, 4) is 0 Å². The average molecular weight is 505 g/mol. The minimum absolute atomic E-state index is 0. The first-order valence-corrected chi connectivity index (χ1v) is 10.4. The Morgan fingerprint density at radius 2 is 1.86 bits per heavy atom. The van der Waals surface area contributed by atoms with Crippen molar-refractivity contribution in [2.75, 3.05) is 26.3 Å². The number of aliphatic imine (C=N–C) groups is 1. The molecule has 0 aliphatic heterocycles. The Balaban J connectivity index is 0.00000729. The number of nitrogens with zero attached hydrogens (tertiary/aromatic N) is 1. The van der Waals surface area contributed by atoms with Crippen molar-refractivity contribution in [3.63, 3.8) is 0 Å². The number of aliphatic hydroxyl groups is 1. The number of guanidine groups is 1. The lowest BCUT2D eigenvalue weighted by Crippen LogP contribution is -2.40. The highest BCUT2D eigenvalue weighted by atomic mass is 127. The minimum atomic E-state index is 0. The van der Waals surface area contributed by atoms with Gasteiger partial charge in [0.1, 0.15) is 0 Å². The van der Waals surface area contributed by atoms with Crippen molar-refractivity contribution < 1.29 is 9.84 Å². The Kier molecular flexibility index (Phi) is 16.5. The van der Waals surface area contributed by atoms with Crippen LogP contribution in [0.15, 0.2) is 29.3 Å². The summed E-state index contributed by atoms with van der Waals surface area (Å²) in [5, 5.41) is 16.1. The van der Waals surface area contributed by atoms with Gasteiger partial charge in [-0.3, -0.25) is 0 Å². The van der Waals surface area contributed by atoms with Crippen molar-refractivity contribution in [2.45, 2.75) is 60.1 Å². The smallest absolute Gasteiger partial charge is 0.191 e. The third-order valence-electron chi connectivity index (χ3n) is 4.38. The second-order valence-electron chi connectivity index (χ2n) is 7.41. The number of nitrogens with one attached hydrogen (secondary N) is 2. The molecular weight excluding hydrogens is 465 g/mol. The van der Waals surface area contributed by atoms with E-state index in [0.717, 1.165) is 44.9 Å². The maximum Gasteiger partial charge on any atom is 0.191 e. The van der Waals surface area contributed by atoms with Crippen LogP contribution in [0.5, 0.6) is 0 Å². The van der Waals surface area contributed by atoms with Gasteiger partial charge in [-0.15, -0.1) is 24.0 Å². The number of hydrogen-bond donors (Lipinski definition) is 3. The van der Waals surface area contributed by atoms with Gasteiger partial charge < -0.3 is 20.5 Å². The number of halogens is 1. The van der Waals surface area contributed by atoms with E-state index in [1.807, 2.05) is 6.07 Å². The summed E-state index contributed by atoms with van der Waals surface area (Å²) >= 11 is 0. The van der Waals surface area contributed by atoms with Gasteiger partial charge in [-0.1, -0.05) is 45.0 Å². The van der Waals surface area contributed by atoms with E-state index in [4.69, 9.17) is 9.73 Å². The van der Waals surface area contributed by atoms with Gasteiger partial charge >= 0.3 is 0 Å². The largest absolute Gasteiger partial charge is 0.396 e. The molecule has 0 aliphatic rings. The molecule has 1 aromatic carbocycles. The van der Waals surface area contributed by atoms with E-state index >= 15 is 0 Å². The molecule has 0 aromatic heterocycles. The standard InChI is InChI=1S/C22H39N3O2.HI/c1-5-13-27-17-21-10-8-7-9-20(21)16-25-22(23-6-2)24-15-19(11-12-26)14-18(3)4;/h7-10,18-19,26H,5-6,11-17H2,1-4H3,(H2,23,24,25);1H. The third-order valence-corrected chi connectivity index (χ3v) is 4.38. The molecule has 6 heteroatoms. The van der Waals surface area contributed by atoms with E-state index < -0.39 is 0 Å². The molecule has 1 aromatic rings. The fourth-order valence-electron chi connectivity index (χ4n) is 3.08. The summed E-state index contributed by atoms with van der Waals surface area (Å²) < 4.78 is 5.70. The first-order valence-electron chi connectivity index (χ1n) is 10.4. The predicted molar refractivity (Wildman–Crippen MR) is 129 cm³/mol. The maximum absolute atomic E-state index is 9.30. The summed E-state index contributed by atoms with van der Waals surface area (Å²) in [5.74, 6) is 1.90. The third kappa shape index (κ3) is 11.9. The van der Waals surface area contributed by atoms with Gasteiger partial charge in [0.2, 0.25) is 0 Å². The first-order chi connectivity index (χ1) is 13.1. The minimum Gasteiger partial charge on any atom is -0.396 e. The number of aliphatic hydroxyl groups excluding tert-OH is 1.